The van der Waals surface area contributed by atoms with Crippen molar-refractivity contribution in [1.29, 1.82) is 0 Å². The smallest absolute Gasteiger partial charge is 0.316 e. The molecule has 220 valence electrons. The lowest BCUT2D eigenvalue weighted by Crippen LogP contribution is -2.61. The zero-order chi connectivity index (χ0) is 29.9. The van der Waals surface area contributed by atoms with Gasteiger partial charge in [-0.1, -0.05) is 30.4 Å². The molecule has 0 spiro atoms. The van der Waals surface area contributed by atoms with Gasteiger partial charge in [0.25, 0.3) is 11.8 Å². The molecule has 1 aromatic heterocycles. The molecule has 3 amide bonds. The Balaban J connectivity index is 1.70. The van der Waals surface area contributed by atoms with Crippen LogP contribution in [-0.4, -0.2) is 64.8 Å². The highest BCUT2D eigenvalue weighted by molar-refractivity contribution is 5.91. The van der Waals surface area contributed by atoms with Crippen molar-refractivity contribution in [1.82, 2.24) is 26.1 Å². The van der Waals surface area contributed by atoms with Crippen molar-refractivity contribution in [3.05, 3.63) is 47.7 Å². The number of ether oxygens (including phenoxy) is 1. The maximum Gasteiger partial charge on any atom is 0.316 e. The first-order valence-corrected chi connectivity index (χ1v) is 13.6. The lowest BCUT2D eigenvalue weighted by atomic mass is 9.92. The number of cyclic esters (lactones) is 1. The lowest BCUT2D eigenvalue weighted by Gasteiger charge is -2.35. The van der Waals surface area contributed by atoms with Gasteiger partial charge >= 0.3 is 5.97 Å². The van der Waals surface area contributed by atoms with Crippen molar-refractivity contribution in [2.75, 3.05) is 6.54 Å². The van der Waals surface area contributed by atoms with Gasteiger partial charge in [-0.2, -0.15) is 0 Å². The third-order valence-corrected chi connectivity index (χ3v) is 7.19. The fourth-order valence-electron chi connectivity index (χ4n) is 4.64. The minimum atomic E-state index is -2.93. The van der Waals surface area contributed by atoms with Crippen LogP contribution in [0, 0.1) is 5.41 Å². The van der Waals surface area contributed by atoms with E-state index in [9.17, 15) is 28.0 Å². The Kier molecular flexibility index (Phi) is 9.01. The Morgan fingerprint density at radius 3 is 2.49 bits per heavy atom. The fraction of sp³-hybridized carbons (Fsp3) is 0.483. The van der Waals surface area contributed by atoms with Gasteiger partial charge in [-0.05, 0) is 58.2 Å². The summed E-state index contributed by atoms with van der Waals surface area (Å²) in [7, 11) is 0. The van der Waals surface area contributed by atoms with Gasteiger partial charge in [0.1, 0.15) is 12.1 Å². The molecule has 0 saturated carbocycles. The van der Waals surface area contributed by atoms with E-state index < -0.39 is 60.3 Å². The molecule has 4 rings (SSSR count). The molecule has 3 heterocycles. The number of fused-ring (bicyclic) bond motifs is 4. The Hall–Kier alpha value is -3.93. The monoisotopic (exact) mass is 571 g/mol. The normalized spacial score (nSPS) is 26.1. The number of rotatable bonds is 2. The Bertz CT molecular complexity index is 1360. The summed E-state index contributed by atoms with van der Waals surface area (Å²) in [4.78, 5) is 56.8. The van der Waals surface area contributed by atoms with Crippen molar-refractivity contribution in [3.63, 3.8) is 0 Å². The number of nitrogens with zero attached hydrogens (tertiary/aromatic N) is 2. The van der Waals surface area contributed by atoms with Crippen molar-refractivity contribution in [2.45, 2.75) is 77.6 Å². The zero-order valence-electron chi connectivity index (χ0n) is 23.4. The SMILES string of the molecule is CC1NC(=O)C(CC(F)F)OC(=O)C(C)(C)C=Cc2ccc3ccc(nc3c2)C(C)NC(=O)C2CCCN(N2)C1=O. The van der Waals surface area contributed by atoms with Crippen LogP contribution >= 0.6 is 0 Å². The Labute approximate surface area is 236 Å². The summed E-state index contributed by atoms with van der Waals surface area (Å²) >= 11 is 0. The maximum atomic E-state index is 13.3. The van der Waals surface area contributed by atoms with E-state index in [0.29, 0.717) is 24.1 Å². The molecule has 0 radical (unpaired) electrons. The molecule has 2 aliphatic rings. The number of benzene rings is 1. The highest BCUT2D eigenvalue weighted by Crippen LogP contribution is 2.25. The van der Waals surface area contributed by atoms with Crippen LogP contribution in [-0.2, 0) is 23.9 Å². The van der Waals surface area contributed by atoms with Crippen LogP contribution in [0.15, 0.2) is 36.4 Å². The molecular weight excluding hydrogens is 536 g/mol. The Morgan fingerprint density at radius 2 is 1.76 bits per heavy atom. The molecule has 0 aliphatic carbocycles. The fourth-order valence-corrected chi connectivity index (χ4v) is 4.64. The van der Waals surface area contributed by atoms with Crippen molar-refractivity contribution >= 4 is 40.7 Å². The number of amides is 3. The molecule has 12 heteroatoms. The van der Waals surface area contributed by atoms with Crippen LogP contribution in [0.25, 0.3) is 17.0 Å². The van der Waals surface area contributed by atoms with E-state index in [2.05, 4.69) is 16.1 Å². The van der Waals surface area contributed by atoms with E-state index in [0.717, 1.165) is 10.9 Å². The zero-order valence-corrected chi connectivity index (χ0v) is 23.4. The van der Waals surface area contributed by atoms with Gasteiger partial charge in [-0.3, -0.25) is 29.2 Å². The molecule has 4 atom stereocenters. The minimum Gasteiger partial charge on any atom is -0.451 e. The number of nitrogens with one attached hydrogen (secondary N) is 3. The van der Waals surface area contributed by atoms with Crippen molar-refractivity contribution in [3.8, 4) is 0 Å². The van der Waals surface area contributed by atoms with Crippen LogP contribution in [0.4, 0.5) is 8.78 Å². The van der Waals surface area contributed by atoms with E-state index in [1.165, 1.54) is 11.9 Å². The number of carbonyl (C=O) groups is 4. The highest BCUT2D eigenvalue weighted by atomic mass is 19.3. The number of esters is 1. The summed E-state index contributed by atoms with van der Waals surface area (Å²) in [5.74, 6) is -2.77. The second-order valence-electron chi connectivity index (χ2n) is 11.0. The number of carbonyl (C=O) groups excluding carboxylic acids is 4. The second kappa shape index (κ2) is 12.3. The molecule has 1 fully saturated rings. The van der Waals surface area contributed by atoms with Crippen molar-refractivity contribution in [2.24, 2.45) is 5.41 Å². The van der Waals surface area contributed by atoms with Crippen LogP contribution in [0.3, 0.4) is 0 Å². The first kappa shape index (κ1) is 30.0. The largest absolute Gasteiger partial charge is 0.451 e. The van der Waals surface area contributed by atoms with Crippen LogP contribution in [0.5, 0.6) is 0 Å². The molecule has 10 nitrogen and oxygen atoms in total. The lowest BCUT2D eigenvalue weighted by molar-refractivity contribution is -0.164. The van der Waals surface area contributed by atoms with E-state index in [1.54, 1.807) is 26.0 Å². The standard InChI is InChI=1S/C29H35F2N5O5/c1-16-20-10-9-19-8-7-18(14-22(19)34-20)11-12-29(3,4)28(40)41-23(15-24(30)31)26(38)33-17(2)27(39)36-13-5-6-21(35-36)25(37)32-16/h7-12,14,16-17,21,23-24,35H,5-6,13,15H2,1-4H3,(H,32,37)(H,33,38). The second-order valence-corrected chi connectivity index (χ2v) is 11.0. The number of hydrazine groups is 1. The van der Waals surface area contributed by atoms with Gasteiger partial charge in [0.15, 0.2) is 6.10 Å². The summed E-state index contributed by atoms with van der Waals surface area (Å²) in [5, 5.41) is 7.45. The van der Waals surface area contributed by atoms with Crippen LogP contribution in [0.2, 0.25) is 0 Å². The van der Waals surface area contributed by atoms with Gasteiger partial charge in [-0.25, -0.2) is 14.2 Å². The third kappa shape index (κ3) is 7.24. The van der Waals surface area contributed by atoms with Crippen LogP contribution < -0.4 is 16.1 Å². The topological polar surface area (TPSA) is 130 Å². The maximum absolute atomic E-state index is 13.3. The predicted octanol–water partition coefficient (Wildman–Crippen LogP) is 3.03. The van der Waals surface area contributed by atoms with Gasteiger partial charge in [0.2, 0.25) is 12.3 Å². The van der Waals surface area contributed by atoms with E-state index in [1.807, 2.05) is 37.3 Å². The van der Waals surface area contributed by atoms with Crippen LogP contribution in [0.1, 0.15) is 64.3 Å². The van der Waals surface area contributed by atoms with Gasteiger partial charge in [0.05, 0.1) is 29.1 Å². The van der Waals surface area contributed by atoms with Gasteiger partial charge in [-0.15, -0.1) is 0 Å². The number of alkyl halides is 2. The van der Waals surface area contributed by atoms with Gasteiger partial charge in [0, 0.05) is 11.9 Å². The molecule has 2 aliphatic heterocycles. The number of aromatic nitrogens is 1. The molecule has 1 saturated heterocycles. The first-order chi connectivity index (χ1) is 19.3. The number of pyridine rings is 1. The molecule has 4 unspecified atom stereocenters. The average molecular weight is 572 g/mol. The van der Waals surface area contributed by atoms with E-state index in [4.69, 9.17) is 9.72 Å². The third-order valence-electron chi connectivity index (χ3n) is 7.19. The number of halogens is 2. The minimum absolute atomic E-state index is 0.281. The molecule has 1 aromatic carbocycles. The predicted molar refractivity (Wildman–Crippen MR) is 147 cm³/mol. The molecule has 5 bridgehead atoms. The van der Waals surface area contributed by atoms with E-state index in [-0.39, 0.29) is 12.5 Å². The Morgan fingerprint density at radius 1 is 1.05 bits per heavy atom. The quantitative estimate of drug-likeness (QED) is 0.473. The highest BCUT2D eigenvalue weighted by Gasteiger charge is 2.36. The van der Waals surface area contributed by atoms with E-state index >= 15 is 0 Å². The number of hydrogen-bond acceptors (Lipinski definition) is 7. The number of hydrogen-bond donors (Lipinski definition) is 3. The summed E-state index contributed by atoms with van der Waals surface area (Å²) in [6, 6.07) is 7.00. The first-order valence-electron chi connectivity index (χ1n) is 13.6. The molecular formula is C29H35F2N5O5. The summed E-state index contributed by atoms with van der Waals surface area (Å²) in [5.41, 5.74) is 3.69. The van der Waals surface area contributed by atoms with Crippen molar-refractivity contribution < 1.29 is 32.7 Å². The molecule has 3 N–H and O–H groups in total. The molecule has 2 aromatic rings. The summed E-state index contributed by atoms with van der Waals surface area (Å²) in [6.45, 7) is 6.59. The molecule has 41 heavy (non-hydrogen) atoms. The average Bonchev–Trinajstić information content (AvgIpc) is 2.94. The van der Waals surface area contributed by atoms with Gasteiger partial charge < -0.3 is 15.4 Å². The summed E-state index contributed by atoms with van der Waals surface area (Å²) in [6.07, 6.45) is -1.52. The summed E-state index contributed by atoms with van der Waals surface area (Å²) < 4.78 is 32.0.